The summed E-state index contributed by atoms with van der Waals surface area (Å²) in [6.07, 6.45) is 1.49. The quantitative estimate of drug-likeness (QED) is 0.868. The number of halogens is 1. The summed E-state index contributed by atoms with van der Waals surface area (Å²) in [7, 11) is 0. The average molecular weight is 233 g/mol. The van der Waals surface area contributed by atoms with Gasteiger partial charge in [0.05, 0.1) is 0 Å². The predicted molar refractivity (Wildman–Crippen MR) is 47.0 cm³/mol. The molecule has 0 aromatic carbocycles. The Morgan fingerprint density at radius 2 is 2.33 bits per heavy atom. The summed E-state index contributed by atoms with van der Waals surface area (Å²) in [5.41, 5.74) is 0. The lowest BCUT2D eigenvalue weighted by atomic mass is 10.2. The fourth-order valence-corrected chi connectivity index (χ4v) is 1.24. The maximum absolute atomic E-state index is 10.2. The van der Waals surface area contributed by atoms with Crippen LogP contribution in [0.25, 0.3) is 0 Å². The van der Waals surface area contributed by atoms with Gasteiger partial charge in [-0.3, -0.25) is 4.79 Å². The van der Waals surface area contributed by atoms with Crippen LogP contribution in [0, 0.1) is 0 Å². The van der Waals surface area contributed by atoms with Gasteiger partial charge in [0.1, 0.15) is 5.76 Å². The molecule has 12 heavy (non-hydrogen) atoms. The zero-order valence-corrected chi connectivity index (χ0v) is 8.00. The largest absolute Gasteiger partial charge is 0.481 e. The van der Waals surface area contributed by atoms with Crippen LogP contribution in [0.15, 0.2) is 21.2 Å². The molecular formula is C8H9BrO3. The first-order chi connectivity index (χ1) is 5.68. The van der Waals surface area contributed by atoms with E-state index in [1.165, 1.54) is 0 Å². The third-order valence-corrected chi connectivity index (χ3v) is 1.87. The Balaban J connectivity index is 2.29. The number of carboxylic acids is 1. The van der Waals surface area contributed by atoms with Crippen LogP contribution in [0.2, 0.25) is 0 Å². The Labute approximate surface area is 78.5 Å². The van der Waals surface area contributed by atoms with Gasteiger partial charge in [0.15, 0.2) is 4.67 Å². The van der Waals surface area contributed by atoms with Gasteiger partial charge in [-0.2, -0.15) is 0 Å². The van der Waals surface area contributed by atoms with Crippen molar-refractivity contribution in [3.8, 4) is 0 Å². The minimum absolute atomic E-state index is 0.193. The van der Waals surface area contributed by atoms with Crippen LogP contribution in [0.4, 0.5) is 0 Å². The van der Waals surface area contributed by atoms with Gasteiger partial charge in [-0.1, -0.05) is 0 Å². The van der Waals surface area contributed by atoms with Gasteiger partial charge in [-0.25, -0.2) is 0 Å². The summed E-state index contributed by atoms with van der Waals surface area (Å²) in [4.78, 5) is 10.2. The summed E-state index contributed by atoms with van der Waals surface area (Å²) >= 11 is 3.17. The van der Waals surface area contributed by atoms with Crippen LogP contribution in [0.5, 0.6) is 0 Å². The van der Waals surface area contributed by atoms with E-state index in [1.807, 2.05) is 6.07 Å². The predicted octanol–water partition coefficient (Wildman–Crippen LogP) is 2.45. The molecule has 1 heterocycles. The van der Waals surface area contributed by atoms with E-state index in [1.54, 1.807) is 6.07 Å². The fourth-order valence-electron chi connectivity index (χ4n) is 0.900. The van der Waals surface area contributed by atoms with Crippen molar-refractivity contribution < 1.29 is 14.3 Å². The van der Waals surface area contributed by atoms with Crippen LogP contribution >= 0.6 is 15.9 Å². The lowest BCUT2D eigenvalue weighted by Crippen LogP contribution is -1.94. The first kappa shape index (κ1) is 9.32. The summed E-state index contributed by atoms with van der Waals surface area (Å²) in [5.74, 6) is 0.0590. The number of rotatable bonds is 4. The number of aliphatic carboxylic acids is 1. The van der Waals surface area contributed by atoms with Gasteiger partial charge in [-0.05, 0) is 34.5 Å². The SMILES string of the molecule is O=C(O)CCCc1ccc(Br)o1. The topological polar surface area (TPSA) is 50.4 Å². The molecule has 0 unspecified atom stereocenters. The molecule has 0 aliphatic heterocycles. The lowest BCUT2D eigenvalue weighted by molar-refractivity contribution is -0.137. The Kier molecular flexibility index (Phi) is 3.34. The monoisotopic (exact) mass is 232 g/mol. The zero-order valence-electron chi connectivity index (χ0n) is 6.42. The van der Waals surface area contributed by atoms with Crippen molar-refractivity contribution in [3.63, 3.8) is 0 Å². The highest BCUT2D eigenvalue weighted by Gasteiger charge is 2.01. The molecule has 0 amide bonds. The second-order valence-corrected chi connectivity index (χ2v) is 3.23. The van der Waals surface area contributed by atoms with Crippen molar-refractivity contribution in [3.05, 3.63) is 22.6 Å². The van der Waals surface area contributed by atoms with Gasteiger partial charge in [0.25, 0.3) is 0 Å². The molecule has 0 radical (unpaired) electrons. The molecule has 0 bridgehead atoms. The van der Waals surface area contributed by atoms with E-state index >= 15 is 0 Å². The van der Waals surface area contributed by atoms with E-state index in [0.717, 1.165) is 5.76 Å². The second-order valence-electron chi connectivity index (χ2n) is 2.45. The first-order valence-corrected chi connectivity index (χ1v) is 4.44. The van der Waals surface area contributed by atoms with Crippen molar-refractivity contribution in [2.75, 3.05) is 0 Å². The molecule has 66 valence electrons. The van der Waals surface area contributed by atoms with E-state index in [4.69, 9.17) is 9.52 Å². The fraction of sp³-hybridized carbons (Fsp3) is 0.375. The molecule has 0 fully saturated rings. The molecule has 3 nitrogen and oxygen atoms in total. The lowest BCUT2D eigenvalue weighted by Gasteiger charge is -1.92. The molecule has 0 aliphatic carbocycles. The minimum Gasteiger partial charge on any atom is -0.481 e. The summed E-state index contributed by atoms with van der Waals surface area (Å²) < 4.78 is 5.88. The number of carbonyl (C=O) groups is 1. The van der Waals surface area contributed by atoms with E-state index < -0.39 is 5.97 Å². The molecule has 0 aliphatic rings. The number of aryl methyl sites for hydroxylation is 1. The molecule has 0 atom stereocenters. The van der Waals surface area contributed by atoms with E-state index in [2.05, 4.69) is 15.9 Å². The maximum atomic E-state index is 10.2. The summed E-state index contributed by atoms with van der Waals surface area (Å²) in [6, 6.07) is 3.64. The van der Waals surface area contributed by atoms with Crippen molar-refractivity contribution in [2.45, 2.75) is 19.3 Å². The zero-order chi connectivity index (χ0) is 8.97. The average Bonchev–Trinajstić information content (AvgIpc) is 2.35. The number of carboxylic acid groups (broad SMARTS) is 1. The Morgan fingerprint density at radius 1 is 1.58 bits per heavy atom. The summed E-state index contributed by atoms with van der Waals surface area (Å²) in [5, 5.41) is 8.36. The smallest absolute Gasteiger partial charge is 0.303 e. The van der Waals surface area contributed by atoms with Gasteiger partial charge in [0, 0.05) is 12.8 Å². The molecule has 0 saturated heterocycles. The Hall–Kier alpha value is -0.770. The van der Waals surface area contributed by atoms with Gasteiger partial charge in [-0.15, -0.1) is 0 Å². The summed E-state index contributed by atoms with van der Waals surface area (Å²) in [6.45, 7) is 0. The van der Waals surface area contributed by atoms with Gasteiger partial charge < -0.3 is 9.52 Å². The third kappa shape index (κ3) is 3.09. The second kappa shape index (κ2) is 4.30. The Bertz CT molecular complexity index is 267. The highest BCUT2D eigenvalue weighted by Crippen LogP contribution is 2.15. The van der Waals surface area contributed by atoms with E-state index in [9.17, 15) is 4.79 Å². The van der Waals surface area contributed by atoms with Crippen molar-refractivity contribution in [2.24, 2.45) is 0 Å². The minimum atomic E-state index is -0.763. The number of hydrogen-bond donors (Lipinski definition) is 1. The molecule has 1 N–H and O–H groups in total. The molecule has 1 aromatic heterocycles. The number of furan rings is 1. The highest BCUT2D eigenvalue weighted by atomic mass is 79.9. The normalized spacial score (nSPS) is 10.1. The highest BCUT2D eigenvalue weighted by molar-refractivity contribution is 9.10. The Morgan fingerprint density at radius 3 is 2.83 bits per heavy atom. The van der Waals surface area contributed by atoms with Crippen LogP contribution in [-0.4, -0.2) is 11.1 Å². The van der Waals surface area contributed by atoms with Crippen LogP contribution in [-0.2, 0) is 11.2 Å². The first-order valence-electron chi connectivity index (χ1n) is 3.64. The van der Waals surface area contributed by atoms with E-state index in [-0.39, 0.29) is 6.42 Å². The third-order valence-electron chi connectivity index (χ3n) is 1.44. The number of hydrogen-bond acceptors (Lipinski definition) is 2. The molecule has 1 aromatic rings. The van der Waals surface area contributed by atoms with Crippen molar-refractivity contribution in [1.29, 1.82) is 0 Å². The molecular weight excluding hydrogens is 224 g/mol. The van der Waals surface area contributed by atoms with Crippen molar-refractivity contribution >= 4 is 21.9 Å². The van der Waals surface area contributed by atoms with Crippen LogP contribution in [0.3, 0.4) is 0 Å². The maximum Gasteiger partial charge on any atom is 0.303 e. The molecule has 0 saturated carbocycles. The van der Waals surface area contributed by atoms with Crippen molar-refractivity contribution in [1.82, 2.24) is 0 Å². The molecule has 0 spiro atoms. The van der Waals surface area contributed by atoms with Gasteiger partial charge in [0.2, 0.25) is 0 Å². The van der Waals surface area contributed by atoms with Crippen LogP contribution < -0.4 is 0 Å². The van der Waals surface area contributed by atoms with Gasteiger partial charge >= 0.3 is 5.97 Å². The molecule has 1 rings (SSSR count). The van der Waals surface area contributed by atoms with Crippen LogP contribution in [0.1, 0.15) is 18.6 Å². The standard InChI is InChI=1S/C8H9BrO3/c9-7-5-4-6(12-7)2-1-3-8(10)11/h4-5H,1-3H2,(H,10,11). The van der Waals surface area contributed by atoms with E-state index in [0.29, 0.717) is 17.5 Å². The molecule has 4 heteroatoms.